The van der Waals surface area contributed by atoms with Gasteiger partial charge in [0.05, 0.1) is 19.1 Å². The maximum absolute atomic E-state index is 12.4. The summed E-state index contributed by atoms with van der Waals surface area (Å²) in [4.78, 5) is 24.4. The van der Waals surface area contributed by atoms with Crippen molar-refractivity contribution in [1.29, 1.82) is 0 Å². The monoisotopic (exact) mass is 312 g/mol. The highest BCUT2D eigenvalue weighted by Gasteiger charge is 2.16. The summed E-state index contributed by atoms with van der Waals surface area (Å²) in [6.45, 7) is 3.48. The fraction of sp³-hybridized carbons (Fsp3) is 0.333. The van der Waals surface area contributed by atoms with Gasteiger partial charge in [0.2, 0.25) is 0 Å². The van der Waals surface area contributed by atoms with Gasteiger partial charge in [0.15, 0.2) is 0 Å². The molecule has 0 saturated heterocycles. The smallest absolute Gasteiger partial charge is 0.427 e. The number of nitrogens with zero attached hydrogens (tertiary/aromatic N) is 3. The molecule has 0 radical (unpaired) electrons. The third-order valence-electron chi connectivity index (χ3n) is 2.79. The molecule has 0 bridgehead atoms. The van der Waals surface area contributed by atoms with E-state index in [1.807, 2.05) is 0 Å². The maximum atomic E-state index is 12.4. The van der Waals surface area contributed by atoms with Crippen molar-refractivity contribution in [3.05, 3.63) is 27.0 Å². The fourth-order valence-electron chi connectivity index (χ4n) is 1.79. The Labute approximate surface area is 124 Å². The molecule has 21 heavy (non-hydrogen) atoms. The van der Waals surface area contributed by atoms with Crippen molar-refractivity contribution < 1.29 is 14.3 Å². The molecule has 0 aliphatic rings. The molecule has 0 saturated carbocycles. The Kier molecular flexibility index (Phi) is 4.27. The van der Waals surface area contributed by atoms with Crippen molar-refractivity contribution in [2.24, 2.45) is 0 Å². The van der Waals surface area contributed by atoms with E-state index in [0.717, 1.165) is 0 Å². The number of hydrogen-bond acceptors (Lipinski definition) is 6. The maximum Gasteiger partial charge on any atom is 0.427 e. The molecule has 112 valence electrons. The lowest BCUT2D eigenvalue weighted by molar-refractivity contribution is 0.163. The number of hydrogen-bond donors (Lipinski definition) is 1. The van der Waals surface area contributed by atoms with E-state index in [1.165, 1.54) is 7.11 Å². The summed E-state index contributed by atoms with van der Waals surface area (Å²) < 4.78 is 9.81. The van der Waals surface area contributed by atoms with Gasteiger partial charge >= 0.3 is 6.09 Å². The molecule has 1 N–H and O–H groups in total. The van der Waals surface area contributed by atoms with Gasteiger partial charge in [-0.1, -0.05) is 11.6 Å². The van der Waals surface area contributed by atoms with Crippen molar-refractivity contribution >= 4 is 28.6 Å². The van der Waals surface area contributed by atoms with Crippen LogP contribution < -0.4 is 15.7 Å². The van der Waals surface area contributed by atoms with Crippen LogP contribution in [0.4, 0.5) is 4.79 Å². The van der Waals surface area contributed by atoms with Crippen LogP contribution >= 0.6 is 11.6 Å². The van der Waals surface area contributed by atoms with Crippen LogP contribution in [0.3, 0.4) is 0 Å². The van der Waals surface area contributed by atoms with Crippen molar-refractivity contribution in [2.45, 2.75) is 13.8 Å². The highest BCUT2D eigenvalue weighted by molar-refractivity contribution is 6.32. The lowest BCUT2D eigenvalue weighted by atomic mass is 10.1. The van der Waals surface area contributed by atoms with Crippen molar-refractivity contribution in [2.75, 3.05) is 19.1 Å². The summed E-state index contributed by atoms with van der Waals surface area (Å²) in [6.07, 6.45) is -0.806. The number of halogens is 1. The van der Waals surface area contributed by atoms with Gasteiger partial charge in [0.25, 0.3) is 5.56 Å². The van der Waals surface area contributed by atoms with E-state index in [0.29, 0.717) is 21.1 Å². The first-order valence-corrected chi connectivity index (χ1v) is 6.44. The first kappa shape index (κ1) is 15.0. The fourth-order valence-corrected chi connectivity index (χ4v) is 1.98. The molecule has 0 aliphatic carbocycles. The summed E-state index contributed by atoms with van der Waals surface area (Å²) in [5.74, 6) is 0.327. The zero-order chi connectivity index (χ0) is 15.6. The summed E-state index contributed by atoms with van der Waals surface area (Å²) >= 11 is 6.06. The Morgan fingerprint density at radius 1 is 1.52 bits per heavy atom. The normalized spacial score (nSPS) is 10.5. The number of rotatable bonds is 3. The summed E-state index contributed by atoms with van der Waals surface area (Å²) in [7, 11) is 1.44. The third-order valence-corrected chi connectivity index (χ3v) is 3.19. The second-order valence-corrected chi connectivity index (χ2v) is 4.46. The van der Waals surface area contributed by atoms with Crippen LogP contribution in [0, 0.1) is 6.92 Å². The number of carbonyl (C=O) groups excluding carboxylic acids is 1. The molecular weight excluding hydrogens is 300 g/mol. The molecule has 0 spiro atoms. The second kappa shape index (κ2) is 5.96. The molecule has 8 nitrogen and oxygen atoms in total. The predicted octanol–water partition coefficient (Wildman–Crippen LogP) is 1.46. The topological polar surface area (TPSA) is 95.3 Å². The lowest BCUT2D eigenvalue weighted by Gasteiger charge is -2.10. The zero-order valence-corrected chi connectivity index (χ0v) is 12.4. The Morgan fingerprint density at radius 3 is 2.86 bits per heavy atom. The summed E-state index contributed by atoms with van der Waals surface area (Å²) in [6, 6.07) is 1.55. The number of ether oxygens (including phenoxy) is 2. The molecule has 1 amide bonds. The Balaban J connectivity index is 2.64. The van der Waals surface area contributed by atoms with Gasteiger partial charge in [-0.25, -0.2) is 10.2 Å². The molecule has 1 aromatic heterocycles. The summed E-state index contributed by atoms with van der Waals surface area (Å²) in [5.41, 5.74) is 2.39. The minimum absolute atomic E-state index is 0.167. The summed E-state index contributed by atoms with van der Waals surface area (Å²) in [5, 5.41) is 8.08. The van der Waals surface area contributed by atoms with Crippen molar-refractivity contribution in [3.8, 4) is 5.75 Å². The minimum Gasteiger partial charge on any atom is -0.494 e. The number of nitrogens with one attached hydrogen (secondary N) is 1. The van der Waals surface area contributed by atoms with E-state index >= 15 is 0 Å². The van der Waals surface area contributed by atoms with Crippen LogP contribution in [0.1, 0.15) is 12.5 Å². The number of aromatic nitrogens is 3. The van der Waals surface area contributed by atoms with E-state index in [2.05, 4.69) is 20.5 Å². The van der Waals surface area contributed by atoms with E-state index < -0.39 is 11.7 Å². The lowest BCUT2D eigenvalue weighted by Crippen LogP contribution is -2.36. The molecule has 0 atom stereocenters. The van der Waals surface area contributed by atoms with Gasteiger partial charge in [-0.05, 0) is 24.6 Å². The van der Waals surface area contributed by atoms with Crippen LogP contribution in [0.15, 0.2) is 10.9 Å². The van der Waals surface area contributed by atoms with Crippen LogP contribution in [0.2, 0.25) is 5.02 Å². The van der Waals surface area contributed by atoms with E-state index in [9.17, 15) is 9.59 Å². The SMILES string of the molecule is CCOC(=O)Nn1nnc2c(OC)cc(Cl)c(C)c2c1=O. The van der Waals surface area contributed by atoms with Crippen molar-refractivity contribution in [3.63, 3.8) is 0 Å². The van der Waals surface area contributed by atoms with Gasteiger partial charge in [-0.2, -0.15) is 0 Å². The number of benzene rings is 1. The molecule has 9 heteroatoms. The van der Waals surface area contributed by atoms with E-state index in [4.69, 9.17) is 16.3 Å². The van der Waals surface area contributed by atoms with Gasteiger partial charge in [-0.3, -0.25) is 4.79 Å². The molecule has 0 fully saturated rings. The number of aryl methyl sites for hydroxylation is 1. The average molecular weight is 313 g/mol. The molecule has 2 aromatic rings. The van der Waals surface area contributed by atoms with Crippen LogP contribution in [0.5, 0.6) is 5.75 Å². The highest BCUT2D eigenvalue weighted by atomic mass is 35.5. The first-order chi connectivity index (χ1) is 9.99. The van der Waals surface area contributed by atoms with Crippen LogP contribution in [0.25, 0.3) is 10.9 Å². The number of carbonyl (C=O) groups is 1. The van der Waals surface area contributed by atoms with Gasteiger partial charge < -0.3 is 9.47 Å². The zero-order valence-electron chi connectivity index (χ0n) is 11.6. The molecule has 0 aliphatic heterocycles. The van der Waals surface area contributed by atoms with Gasteiger partial charge in [0.1, 0.15) is 11.3 Å². The number of fused-ring (bicyclic) bond motifs is 1. The van der Waals surface area contributed by atoms with Crippen molar-refractivity contribution in [1.82, 2.24) is 15.1 Å². The molecule has 1 aromatic carbocycles. The molecule has 0 unspecified atom stereocenters. The quantitative estimate of drug-likeness (QED) is 0.922. The minimum atomic E-state index is -0.806. The molecule has 2 rings (SSSR count). The Hall–Kier alpha value is -2.35. The Morgan fingerprint density at radius 2 is 2.24 bits per heavy atom. The first-order valence-electron chi connectivity index (χ1n) is 6.06. The number of amides is 1. The van der Waals surface area contributed by atoms with E-state index in [-0.39, 0.29) is 17.5 Å². The van der Waals surface area contributed by atoms with Gasteiger partial charge in [0, 0.05) is 11.1 Å². The molecule has 1 heterocycles. The number of methoxy groups -OCH3 is 1. The predicted molar refractivity (Wildman–Crippen MR) is 76.5 cm³/mol. The second-order valence-electron chi connectivity index (χ2n) is 4.05. The van der Waals surface area contributed by atoms with Gasteiger partial charge in [-0.15, -0.1) is 9.89 Å². The third kappa shape index (κ3) is 2.75. The average Bonchev–Trinajstić information content (AvgIpc) is 2.45. The highest BCUT2D eigenvalue weighted by Crippen LogP contribution is 2.29. The van der Waals surface area contributed by atoms with Crippen LogP contribution in [-0.2, 0) is 4.74 Å². The van der Waals surface area contributed by atoms with Crippen LogP contribution in [-0.4, -0.2) is 34.9 Å². The Bertz CT molecular complexity index is 759. The van der Waals surface area contributed by atoms with E-state index in [1.54, 1.807) is 19.9 Å². The standard InChI is InChI=1S/C12H13ClN4O4/c1-4-21-12(19)15-17-11(18)9-6(2)7(13)5-8(20-3)10(9)14-16-17/h5H,4H2,1-3H3,(H,15,19). The largest absolute Gasteiger partial charge is 0.494 e. The molecular formula is C12H13ClN4O4.